The number of fused-ring (bicyclic) bond motifs is 17. The lowest BCUT2D eigenvalue weighted by atomic mass is 9.34. The van der Waals surface area contributed by atoms with Crippen molar-refractivity contribution >= 4 is 99.0 Å². The van der Waals surface area contributed by atoms with Crippen molar-refractivity contribution in [3.8, 4) is 11.4 Å². The molecule has 13 rings (SSSR count). The van der Waals surface area contributed by atoms with Gasteiger partial charge in [-0.25, -0.2) is 0 Å². The second-order valence-electron chi connectivity index (χ2n) is 16.5. The van der Waals surface area contributed by atoms with Crippen LogP contribution in [-0.4, -0.2) is 15.8 Å². The molecular formula is C52H35BN2. The smallest absolute Gasteiger partial charge is 0.252 e. The first-order valence-electron chi connectivity index (χ1n) is 19.6. The maximum absolute atomic E-state index is 2.65. The van der Waals surface area contributed by atoms with Gasteiger partial charge in [-0.15, -0.1) is 0 Å². The van der Waals surface area contributed by atoms with Crippen molar-refractivity contribution < 1.29 is 0 Å². The number of aromatic nitrogens is 2. The van der Waals surface area contributed by atoms with Crippen molar-refractivity contribution in [2.24, 2.45) is 0 Å². The van der Waals surface area contributed by atoms with E-state index in [-0.39, 0.29) is 12.1 Å². The van der Waals surface area contributed by atoms with Gasteiger partial charge in [-0.1, -0.05) is 153 Å². The maximum atomic E-state index is 2.65. The Morgan fingerprint density at radius 2 is 1.02 bits per heavy atom. The predicted octanol–water partition coefficient (Wildman–Crippen LogP) is 11.1. The highest BCUT2D eigenvalue weighted by atomic mass is 15.0. The lowest BCUT2D eigenvalue weighted by Gasteiger charge is -2.35. The molecule has 55 heavy (non-hydrogen) atoms. The van der Waals surface area contributed by atoms with Crippen molar-refractivity contribution in [2.45, 2.75) is 26.2 Å². The molecule has 2 nitrogen and oxygen atoms in total. The highest BCUT2D eigenvalue weighted by Gasteiger charge is 2.42. The Kier molecular flexibility index (Phi) is 5.50. The molecule has 2 aromatic heterocycles. The topological polar surface area (TPSA) is 9.86 Å². The molecule has 0 aliphatic carbocycles. The van der Waals surface area contributed by atoms with Crippen LogP contribution in [0.1, 0.15) is 30.5 Å². The molecule has 0 atom stereocenters. The van der Waals surface area contributed by atoms with Gasteiger partial charge >= 0.3 is 0 Å². The molecule has 3 heteroatoms. The van der Waals surface area contributed by atoms with Crippen molar-refractivity contribution in [3.63, 3.8) is 0 Å². The fourth-order valence-corrected chi connectivity index (χ4v) is 10.9. The average Bonchev–Trinajstić information content (AvgIpc) is 3.75. The normalized spacial score (nSPS) is 13.3. The van der Waals surface area contributed by atoms with Crippen LogP contribution >= 0.6 is 0 Å². The second kappa shape index (κ2) is 10.1. The van der Waals surface area contributed by atoms with Gasteiger partial charge in [0.2, 0.25) is 0 Å². The van der Waals surface area contributed by atoms with Crippen LogP contribution in [0.25, 0.3) is 87.3 Å². The molecule has 0 bridgehead atoms. The molecule has 0 saturated carbocycles. The monoisotopic (exact) mass is 698 g/mol. The number of hydrogen-bond acceptors (Lipinski definition) is 0. The van der Waals surface area contributed by atoms with Gasteiger partial charge in [0.05, 0.1) is 16.7 Å². The molecule has 0 fully saturated rings. The number of nitrogens with zero attached hydrogens (tertiary/aromatic N) is 2. The van der Waals surface area contributed by atoms with Gasteiger partial charge in [0.25, 0.3) is 6.71 Å². The van der Waals surface area contributed by atoms with Gasteiger partial charge in [-0.2, -0.15) is 0 Å². The molecule has 0 spiro atoms. The third-order valence-corrected chi connectivity index (χ3v) is 13.4. The Hall–Kier alpha value is -6.58. The summed E-state index contributed by atoms with van der Waals surface area (Å²) in [5.41, 5.74) is 15.8. The summed E-state index contributed by atoms with van der Waals surface area (Å²) in [5.74, 6) is 0. The third-order valence-electron chi connectivity index (χ3n) is 13.4. The van der Waals surface area contributed by atoms with Crippen LogP contribution in [0.2, 0.25) is 0 Å². The van der Waals surface area contributed by atoms with E-state index in [0.29, 0.717) is 0 Å². The minimum absolute atomic E-state index is 0.0972. The predicted molar refractivity (Wildman–Crippen MR) is 236 cm³/mol. The fraction of sp³-hybridized carbons (Fsp3) is 0.0769. The summed E-state index contributed by atoms with van der Waals surface area (Å²) in [6.07, 6.45) is 0. The lowest BCUT2D eigenvalue weighted by Crippen LogP contribution is -2.59. The molecule has 2 aliphatic heterocycles. The summed E-state index contributed by atoms with van der Waals surface area (Å²) < 4.78 is 5.25. The summed E-state index contributed by atoms with van der Waals surface area (Å²) >= 11 is 0. The van der Waals surface area contributed by atoms with Gasteiger partial charge in [-0.3, -0.25) is 0 Å². The largest absolute Gasteiger partial charge is 0.310 e. The summed E-state index contributed by atoms with van der Waals surface area (Å²) in [6, 6.07) is 60.0. The lowest BCUT2D eigenvalue weighted by molar-refractivity contribution is 0.642. The average molecular weight is 699 g/mol. The Bertz CT molecular complexity index is 3530. The number of aryl methyl sites for hydroxylation is 1. The van der Waals surface area contributed by atoms with Crippen molar-refractivity contribution in [1.29, 1.82) is 0 Å². The van der Waals surface area contributed by atoms with Crippen LogP contribution in [-0.2, 0) is 5.41 Å². The van der Waals surface area contributed by atoms with Crippen molar-refractivity contribution in [2.75, 3.05) is 0 Å². The first kappa shape index (κ1) is 29.8. The van der Waals surface area contributed by atoms with Crippen LogP contribution in [0, 0.1) is 6.92 Å². The van der Waals surface area contributed by atoms with E-state index in [2.05, 4.69) is 188 Å². The standard InChI is InChI=1S/C52H35BN2/c1-30-23-25-33-39-28-32(52(2,3)31-13-5-4-6-14-31)24-26-34(39)41-29-46-48-51(47(41)40(33)27-30)55-45-22-10-8-16-36(45)38-18-12-20-43(50(38)55)53(48)42-19-11-17-37-35-15-7-9-21-44(35)54(46)49(37)42/h4-29H,1-3H3. The Morgan fingerprint density at radius 3 is 1.73 bits per heavy atom. The van der Waals surface area contributed by atoms with Gasteiger partial charge in [-0.05, 0) is 85.6 Å². The quantitative estimate of drug-likeness (QED) is 0.126. The van der Waals surface area contributed by atoms with E-state index < -0.39 is 0 Å². The van der Waals surface area contributed by atoms with E-state index in [9.17, 15) is 0 Å². The molecule has 0 unspecified atom stereocenters. The first-order valence-corrected chi connectivity index (χ1v) is 19.6. The minimum Gasteiger partial charge on any atom is -0.310 e. The third kappa shape index (κ3) is 3.58. The zero-order valence-corrected chi connectivity index (χ0v) is 31.0. The molecule has 0 radical (unpaired) electrons. The Balaban J connectivity index is 1.29. The number of para-hydroxylation sites is 4. The van der Waals surface area contributed by atoms with Crippen molar-refractivity contribution in [3.05, 3.63) is 174 Å². The molecule has 9 aromatic carbocycles. The van der Waals surface area contributed by atoms with Gasteiger partial charge in [0.15, 0.2) is 0 Å². The van der Waals surface area contributed by atoms with E-state index in [1.807, 2.05) is 0 Å². The van der Waals surface area contributed by atoms with E-state index >= 15 is 0 Å². The zero-order valence-electron chi connectivity index (χ0n) is 31.0. The van der Waals surface area contributed by atoms with Gasteiger partial charge < -0.3 is 9.13 Å². The molecular weight excluding hydrogens is 663 g/mol. The van der Waals surface area contributed by atoms with Crippen LogP contribution in [0.3, 0.4) is 0 Å². The Labute approximate surface area is 318 Å². The molecule has 0 amide bonds. The molecule has 4 heterocycles. The maximum Gasteiger partial charge on any atom is 0.252 e. The molecule has 0 N–H and O–H groups in total. The Morgan fingerprint density at radius 1 is 0.436 bits per heavy atom. The van der Waals surface area contributed by atoms with E-state index in [1.165, 1.54) is 120 Å². The van der Waals surface area contributed by atoms with Gasteiger partial charge in [0, 0.05) is 49.1 Å². The van der Waals surface area contributed by atoms with Crippen LogP contribution in [0.5, 0.6) is 0 Å². The summed E-state index contributed by atoms with van der Waals surface area (Å²) in [4.78, 5) is 0. The fourth-order valence-electron chi connectivity index (χ4n) is 10.9. The number of rotatable bonds is 2. The highest BCUT2D eigenvalue weighted by Crippen LogP contribution is 2.46. The van der Waals surface area contributed by atoms with Crippen LogP contribution in [0.4, 0.5) is 0 Å². The molecule has 256 valence electrons. The highest BCUT2D eigenvalue weighted by molar-refractivity contribution is 7.00. The van der Waals surface area contributed by atoms with Gasteiger partial charge in [0.1, 0.15) is 0 Å². The number of benzene rings is 9. The summed E-state index contributed by atoms with van der Waals surface area (Å²) in [5, 5.41) is 13.1. The SMILES string of the molecule is Cc1ccc2c3cc(C(C)(C)c4ccccc4)ccc3c3cc4c5c(c3c2c1)-n1c2ccccc2c2cccc(c21)B5c1cccc2c3ccccc3n-4c12. The van der Waals surface area contributed by atoms with E-state index in [1.54, 1.807) is 0 Å². The van der Waals surface area contributed by atoms with Crippen LogP contribution < -0.4 is 16.4 Å². The van der Waals surface area contributed by atoms with Crippen LogP contribution in [0.15, 0.2) is 158 Å². The molecule has 11 aromatic rings. The zero-order chi connectivity index (χ0) is 36.3. The minimum atomic E-state index is -0.157. The second-order valence-corrected chi connectivity index (χ2v) is 16.5. The molecule has 2 aliphatic rings. The van der Waals surface area contributed by atoms with Crippen molar-refractivity contribution in [1.82, 2.24) is 9.13 Å². The summed E-state index contributed by atoms with van der Waals surface area (Å²) in [7, 11) is 0. The summed E-state index contributed by atoms with van der Waals surface area (Å²) in [6.45, 7) is 7.06. The van der Waals surface area contributed by atoms with E-state index in [0.717, 1.165) is 0 Å². The van der Waals surface area contributed by atoms with E-state index in [4.69, 9.17) is 0 Å². The number of hydrogen-bond donors (Lipinski definition) is 0. The molecule has 0 saturated heterocycles. The first-order chi connectivity index (χ1) is 27.0.